The molecule has 0 unspecified atom stereocenters. The highest BCUT2D eigenvalue weighted by molar-refractivity contribution is 6.78. The SMILES string of the molecule is C/C=C/[C@H]([C@H](NC(=O)OC(C)(C)C)C(=O)OC)[Si](C)(C)C. The van der Waals surface area contributed by atoms with Crippen LogP contribution < -0.4 is 5.32 Å². The Kier molecular flexibility index (Phi) is 7.16. The lowest BCUT2D eigenvalue weighted by Gasteiger charge is -2.33. The van der Waals surface area contributed by atoms with E-state index in [9.17, 15) is 9.59 Å². The second kappa shape index (κ2) is 7.63. The van der Waals surface area contributed by atoms with Crippen LogP contribution in [0.4, 0.5) is 4.79 Å². The smallest absolute Gasteiger partial charge is 0.408 e. The molecule has 0 fully saturated rings. The van der Waals surface area contributed by atoms with E-state index < -0.39 is 31.8 Å². The van der Waals surface area contributed by atoms with E-state index in [1.54, 1.807) is 20.8 Å². The van der Waals surface area contributed by atoms with Gasteiger partial charge in [-0.05, 0) is 27.7 Å². The van der Waals surface area contributed by atoms with E-state index in [0.717, 1.165) is 0 Å². The molecule has 0 bridgehead atoms. The summed E-state index contributed by atoms with van der Waals surface area (Å²) in [5, 5.41) is 2.66. The average Bonchev–Trinajstić information content (AvgIpc) is 2.28. The Morgan fingerprint density at radius 1 is 1.19 bits per heavy atom. The first-order valence-electron chi connectivity index (χ1n) is 7.12. The fraction of sp³-hybridized carbons (Fsp3) is 0.733. The van der Waals surface area contributed by atoms with E-state index in [4.69, 9.17) is 9.47 Å². The molecule has 0 aromatic rings. The lowest BCUT2D eigenvalue weighted by Crippen LogP contribution is -2.51. The number of alkyl carbamates (subject to hydrolysis) is 1. The molecular formula is C15H29NO4Si. The van der Waals surface area contributed by atoms with Crippen molar-refractivity contribution in [2.45, 2.75) is 64.5 Å². The number of rotatable bonds is 5. The van der Waals surface area contributed by atoms with E-state index >= 15 is 0 Å². The second-order valence-corrected chi connectivity index (χ2v) is 12.5. The van der Waals surface area contributed by atoms with Crippen molar-refractivity contribution in [2.75, 3.05) is 7.11 Å². The number of methoxy groups -OCH3 is 1. The van der Waals surface area contributed by atoms with Crippen LogP contribution in [0, 0.1) is 0 Å². The minimum Gasteiger partial charge on any atom is -0.467 e. The Hall–Kier alpha value is -1.30. The monoisotopic (exact) mass is 315 g/mol. The number of carbonyl (C=O) groups excluding carboxylic acids is 2. The molecule has 0 aliphatic rings. The van der Waals surface area contributed by atoms with Gasteiger partial charge >= 0.3 is 12.1 Å². The van der Waals surface area contributed by atoms with Crippen LogP contribution in [0.5, 0.6) is 0 Å². The summed E-state index contributed by atoms with van der Waals surface area (Å²) < 4.78 is 10.1. The third-order valence-electron chi connectivity index (χ3n) is 2.89. The molecule has 0 saturated heterocycles. The molecule has 0 spiro atoms. The fourth-order valence-corrected chi connectivity index (χ4v) is 3.95. The number of hydrogen-bond acceptors (Lipinski definition) is 4. The molecule has 122 valence electrons. The molecule has 21 heavy (non-hydrogen) atoms. The third kappa shape index (κ3) is 7.31. The Morgan fingerprint density at radius 3 is 2.05 bits per heavy atom. The van der Waals surface area contributed by atoms with Crippen molar-refractivity contribution in [1.82, 2.24) is 5.32 Å². The summed E-state index contributed by atoms with van der Waals surface area (Å²) in [7, 11) is -0.411. The normalized spacial score (nSPS) is 15.4. The lowest BCUT2D eigenvalue weighted by molar-refractivity contribution is -0.143. The summed E-state index contributed by atoms with van der Waals surface area (Å²) in [4.78, 5) is 24.0. The number of amides is 1. The minimum absolute atomic E-state index is 0.0672. The predicted molar refractivity (Wildman–Crippen MR) is 87.1 cm³/mol. The number of esters is 1. The molecule has 6 heteroatoms. The van der Waals surface area contributed by atoms with E-state index in [-0.39, 0.29) is 5.54 Å². The van der Waals surface area contributed by atoms with Crippen LogP contribution >= 0.6 is 0 Å². The van der Waals surface area contributed by atoms with Gasteiger partial charge in [0.1, 0.15) is 11.6 Å². The van der Waals surface area contributed by atoms with Crippen molar-refractivity contribution in [3.63, 3.8) is 0 Å². The van der Waals surface area contributed by atoms with Crippen molar-refractivity contribution in [3.05, 3.63) is 12.2 Å². The van der Waals surface area contributed by atoms with Gasteiger partial charge in [0.15, 0.2) is 0 Å². The van der Waals surface area contributed by atoms with Gasteiger partial charge in [0.25, 0.3) is 0 Å². The first kappa shape index (κ1) is 19.7. The molecular weight excluding hydrogens is 286 g/mol. The zero-order chi connectivity index (χ0) is 16.8. The highest BCUT2D eigenvalue weighted by Gasteiger charge is 2.38. The van der Waals surface area contributed by atoms with Crippen LogP contribution in [0.1, 0.15) is 27.7 Å². The van der Waals surface area contributed by atoms with Gasteiger partial charge in [-0.1, -0.05) is 31.8 Å². The van der Waals surface area contributed by atoms with Crippen molar-refractivity contribution in [3.8, 4) is 0 Å². The van der Waals surface area contributed by atoms with Crippen LogP contribution in [-0.2, 0) is 14.3 Å². The second-order valence-electron chi connectivity index (χ2n) is 7.06. The Labute approximate surface area is 129 Å². The van der Waals surface area contributed by atoms with Crippen molar-refractivity contribution >= 4 is 20.1 Å². The van der Waals surface area contributed by atoms with Gasteiger partial charge in [-0.15, -0.1) is 0 Å². The van der Waals surface area contributed by atoms with Crippen molar-refractivity contribution in [2.24, 2.45) is 0 Å². The summed E-state index contributed by atoms with van der Waals surface area (Å²) in [5.41, 5.74) is -0.678. The minimum atomic E-state index is -1.73. The first-order chi connectivity index (χ1) is 9.42. The van der Waals surface area contributed by atoms with Crippen LogP contribution in [0.3, 0.4) is 0 Å². The topological polar surface area (TPSA) is 64.6 Å². The van der Waals surface area contributed by atoms with E-state index in [0.29, 0.717) is 0 Å². The lowest BCUT2D eigenvalue weighted by atomic mass is 10.2. The Bertz CT molecular complexity index is 393. The molecule has 1 N–H and O–H groups in total. The maximum atomic E-state index is 12.1. The summed E-state index contributed by atoms with van der Waals surface area (Å²) in [6, 6.07) is -0.729. The molecule has 5 nitrogen and oxygen atoms in total. The van der Waals surface area contributed by atoms with Gasteiger partial charge in [-0.25, -0.2) is 9.59 Å². The Balaban J connectivity index is 5.28. The van der Waals surface area contributed by atoms with E-state index in [1.807, 2.05) is 19.1 Å². The standard InChI is InChI=1S/C15H29NO4Si/c1-9-10-11(21(6,7)8)12(13(17)19-5)16-14(18)20-15(2,3)4/h9-12H,1-8H3,(H,16,18)/b10-9+/t11-,12+/m1/s1. The van der Waals surface area contributed by atoms with Gasteiger partial charge in [-0.2, -0.15) is 0 Å². The zero-order valence-electron chi connectivity index (χ0n) is 14.4. The maximum Gasteiger partial charge on any atom is 0.408 e. The molecule has 0 aromatic carbocycles. The van der Waals surface area contributed by atoms with Crippen LogP contribution in [0.2, 0.25) is 25.2 Å². The molecule has 0 aliphatic heterocycles. The number of allylic oxidation sites excluding steroid dienone is 1. The summed E-state index contributed by atoms with van der Waals surface area (Å²) in [5.74, 6) is -0.452. The van der Waals surface area contributed by atoms with Crippen molar-refractivity contribution < 1.29 is 19.1 Å². The average molecular weight is 315 g/mol. The molecule has 0 heterocycles. The summed E-state index contributed by atoms with van der Waals surface area (Å²) in [6.07, 6.45) is 3.26. The van der Waals surface area contributed by atoms with Crippen LogP contribution in [0.15, 0.2) is 12.2 Å². The molecule has 0 saturated carbocycles. The third-order valence-corrected chi connectivity index (χ3v) is 5.41. The molecule has 1 amide bonds. The van der Waals surface area contributed by atoms with Gasteiger partial charge in [0.05, 0.1) is 15.2 Å². The highest BCUT2D eigenvalue weighted by atomic mass is 28.3. The number of nitrogens with one attached hydrogen (secondary N) is 1. The summed E-state index contributed by atoms with van der Waals surface area (Å²) in [6.45, 7) is 13.7. The molecule has 0 aliphatic carbocycles. The zero-order valence-corrected chi connectivity index (χ0v) is 15.4. The fourth-order valence-electron chi connectivity index (χ4n) is 1.96. The van der Waals surface area contributed by atoms with Crippen LogP contribution in [0.25, 0.3) is 0 Å². The molecule has 2 atom stereocenters. The van der Waals surface area contributed by atoms with Gasteiger partial charge < -0.3 is 14.8 Å². The number of ether oxygens (including phenoxy) is 2. The van der Waals surface area contributed by atoms with Gasteiger partial charge in [0.2, 0.25) is 0 Å². The predicted octanol–water partition coefficient (Wildman–Crippen LogP) is 3.34. The van der Waals surface area contributed by atoms with Crippen molar-refractivity contribution in [1.29, 1.82) is 0 Å². The number of hydrogen-bond donors (Lipinski definition) is 1. The van der Waals surface area contributed by atoms with Crippen LogP contribution in [-0.4, -0.2) is 38.9 Å². The quantitative estimate of drug-likeness (QED) is 0.480. The van der Waals surface area contributed by atoms with E-state index in [2.05, 4.69) is 25.0 Å². The largest absolute Gasteiger partial charge is 0.467 e. The molecule has 0 rings (SSSR count). The van der Waals surface area contributed by atoms with Gasteiger partial charge in [0, 0.05) is 5.54 Å². The highest BCUT2D eigenvalue weighted by Crippen LogP contribution is 2.28. The molecule has 0 aromatic heterocycles. The maximum absolute atomic E-state index is 12.1. The summed E-state index contributed by atoms with van der Waals surface area (Å²) >= 11 is 0. The number of carbonyl (C=O) groups is 2. The van der Waals surface area contributed by atoms with E-state index in [1.165, 1.54) is 7.11 Å². The molecule has 0 radical (unpaired) electrons. The van der Waals surface area contributed by atoms with Gasteiger partial charge in [-0.3, -0.25) is 0 Å². The Morgan fingerprint density at radius 2 is 1.71 bits per heavy atom. The first-order valence-corrected chi connectivity index (χ1v) is 10.7.